The van der Waals surface area contributed by atoms with Crippen LogP contribution >= 0.6 is 0 Å². The summed E-state index contributed by atoms with van der Waals surface area (Å²) < 4.78 is 37.7. The van der Waals surface area contributed by atoms with Crippen LogP contribution in [0.4, 0.5) is 20.5 Å². The van der Waals surface area contributed by atoms with E-state index in [-0.39, 0.29) is 28.8 Å². The zero-order chi connectivity index (χ0) is 27.7. The molecule has 3 aromatic heterocycles. The zero-order valence-electron chi connectivity index (χ0n) is 22.7. The number of imidazole rings is 1. The van der Waals surface area contributed by atoms with Crippen molar-refractivity contribution in [2.75, 3.05) is 25.0 Å². The molecule has 1 saturated heterocycles. The molecule has 1 N–H and O–H groups in total. The van der Waals surface area contributed by atoms with E-state index in [9.17, 15) is 8.78 Å². The highest BCUT2D eigenvalue weighted by Crippen LogP contribution is 2.30. The van der Waals surface area contributed by atoms with E-state index in [1.54, 1.807) is 12.3 Å². The van der Waals surface area contributed by atoms with Crippen molar-refractivity contribution in [1.29, 1.82) is 0 Å². The lowest BCUT2D eigenvalue weighted by Gasteiger charge is -2.40. The topological polar surface area (TPSA) is 81.0 Å². The van der Waals surface area contributed by atoms with Crippen LogP contribution in [0, 0.1) is 18.6 Å². The Morgan fingerprint density at radius 1 is 1.15 bits per heavy atom. The highest BCUT2D eigenvalue weighted by atomic mass is 19.1. The molecular weight excluding hydrogens is 500 g/mol. The molecular formula is C29H33F2N7O. The number of ether oxygens (including phenoxy) is 1. The van der Waals surface area contributed by atoms with Crippen LogP contribution in [-0.2, 0) is 11.3 Å². The Morgan fingerprint density at radius 2 is 1.97 bits per heavy atom. The summed E-state index contributed by atoms with van der Waals surface area (Å²) in [5.74, 6) is 0.193. The van der Waals surface area contributed by atoms with Gasteiger partial charge in [-0.05, 0) is 57.9 Å². The van der Waals surface area contributed by atoms with Crippen molar-refractivity contribution in [3.63, 3.8) is 0 Å². The average molecular weight is 534 g/mol. The van der Waals surface area contributed by atoms with Crippen molar-refractivity contribution in [3.05, 3.63) is 72.3 Å². The summed E-state index contributed by atoms with van der Waals surface area (Å²) in [6.45, 7) is 14.8. The zero-order valence-corrected chi connectivity index (χ0v) is 22.7. The van der Waals surface area contributed by atoms with Gasteiger partial charge in [-0.3, -0.25) is 4.90 Å². The highest BCUT2D eigenvalue weighted by Gasteiger charge is 2.30. The molecule has 0 unspecified atom stereocenters. The summed E-state index contributed by atoms with van der Waals surface area (Å²) in [7, 11) is 0. The van der Waals surface area contributed by atoms with Crippen molar-refractivity contribution in [3.8, 4) is 11.3 Å². The highest BCUT2D eigenvalue weighted by molar-refractivity contribution is 5.83. The minimum atomic E-state index is -0.649. The Kier molecular flexibility index (Phi) is 7.42. The molecule has 1 aromatic carbocycles. The molecule has 1 atom stereocenters. The van der Waals surface area contributed by atoms with Crippen LogP contribution in [0.5, 0.6) is 0 Å². The molecule has 1 fully saturated rings. The third-order valence-electron chi connectivity index (χ3n) is 6.92. The lowest BCUT2D eigenvalue weighted by molar-refractivity contribution is -0.0977. The Labute approximate surface area is 226 Å². The molecule has 0 bridgehead atoms. The Balaban J connectivity index is 1.34. The fourth-order valence-electron chi connectivity index (χ4n) is 5.23. The smallest absolute Gasteiger partial charge is 0.229 e. The second-order valence-electron chi connectivity index (χ2n) is 10.5. The molecule has 204 valence electrons. The first-order valence-electron chi connectivity index (χ1n) is 13.1. The van der Waals surface area contributed by atoms with Crippen LogP contribution < -0.4 is 5.32 Å². The summed E-state index contributed by atoms with van der Waals surface area (Å²) in [6.07, 6.45) is 5.56. The van der Waals surface area contributed by atoms with Gasteiger partial charge in [0.05, 0.1) is 23.9 Å². The number of morpholine rings is 1. The predicted octanol–water partition coefficient (Wildman–Crippen LogP) is 5.97. The van der Waals surface area contributed by atoms with E-state index in [1.807, 2.05) is 43.5 Å². The quantitative estimate of drug-likeness (QED) is 0.280. The van der Waals surface area contributed by atoms with Gasteiger partial charge < -0.3 is 14.6 Å². The lowest BCUT2D eigenvalue weighted by atomic mass is 9.99. The molecule has 0 amide bonds. The van der Waals surface area contributed by atoms with Crippen LogP contribution in [0.1, 0.15) is 44.6 Å². The molecule has 0 aliphatic carbocycles. The number of hydrogen-bond donors (Lipinski definition) is 1. The Morgan fingerprint density at radius 3 is 2.69 bits per heavy atom. The molecule has 1 aliphatic rings. The molecule has 0 spiro atoms. The van der Waals surface area contributed by atoms with Crippen LogP contribution in [-0.4, -0.2) is 54.7 Å². The van der Waals surface area contributed by atoms with E-state index >= 15 is 0 Å². The summed E-state index contributed by atoms with van der Waals surface area (Å²) >= 11 is 0. The van der Waals surface area contributed by atoms with Gasteiger partial charge in [-0.25, -0.2) is 28.7 Å². The van der Waals surface area contributed by atoms with Crippen LogP contribution in [0.3, 0.4) is 0 Å². The predicted molar refractivity (Wildman–Crippen MR) is 148 cm³/mol. The second kappa shape index (κ2) is 10.8. The number of fused-ring (bicyclic) bond motifs is 1. The first kappa shape index (κ1) is 26.8. The van der Waals surface area contributed by atoms with Crippen LogP contribution in [0.15, 0.2) is 49.3 Å². The minimum absolute atomic E-state index is 0.00558. The largest absolute Gasteiger partial charge is 0.372 e. The second-order valence-corrected chi connectivity index (χ2v) is 10.5. The van der Waals surface area contributed by atoms with Gasteiger partial charge in [0, 0.05) is 37.4 Å². The van der Waals surface area contributed by atoms with E-state index in [2.05, 4.69) is 43.7 Å². The van der Waals surface area contributed by atoms with Gasteiger partial charge in [-0.2, -0.15) is 0 Å². The van der Waals surface area contributed by atoms with Crippen LogP contribution in [0.25, 0.3) is 22.3 Å². The van der Waals surface area contributed by atoms with Crippen molar-refractivity contribution in [2.24, 2.45) is 0 Å². The van der Waals surface area contributed by atoms with E-state index in [4.69, 9.17) is 4.74 Å². The number of rotatable bonds is 8. The minimum Gasteiger partial charge on any atom is -0.372 e. The first-order chi connectivity index (χ1) is 18.7. The number of benzene rings is 1. The summed E-state index contributed by atoms with van der Waals surface area (Å²) in [5.41, 5.74) is 1.98. The SMILES string of the molecule is C=CC[C@@]1(C)CN(Cc2ccc(Nc3ncc(F)c(-c4cc(F)c5nc(C)n(C(C)C)c5c4)n3)nc2)CCO1. The van der Waals surface area contributed by atoms with Gasteiger partial charge in [0.25, 0.3) is 0 Å². The maximum absolute atomic E-state index is 15.0. The number of halogens is 2. The number of aromatic nitrogens is 5. The number of anilines is 2. The standard InChI is InChI=1S/C29H33F2N7O/c1-6-9-29(5)17-37(10-11-39-29)16-20-7-8-25(32-14-20)35-28-33-15-23(31)26(36-28)21-12-22(30)27-24(13-21)38(18(2)3)19(4)34-27/h6-8,12-15,18H,1,9-11,16-17H2,2-5H3,(H,32,33,35,36)/t29-/m0/s1. The Bertz CT molecular complexity index is 1500. The van der Waals surface area contributed by atoms with E-state index in [0.717, 1.165) is 37.8 Å². The normalized spacial score (nSPS) is 18.1. The van der Waals surface area contributed by atoms with Crippen molar-refractivity contribution in [1.82, 2.24) is 29.4 Å². The summed E-state index contributed by atoms with van der Waals surface area (Å²) in [6, 6.07) is 6.85. The number of nitrogens with one attached hydrogen (secondary N) is 1. The van der Waals surface area contributed by atoms with E-state index < -0.39 is 11.6 Å². The van der Waals surface area contributed by atoms with Gasteiger partial charge in [-0.15, -0.1) is 6.58 Å². The molecule has 4 heterocycles. The number of hydrogen-bond acceptors (Lipinski definition) is 7. The van der Waals surface area contributed by atoms with Gasteiger partial charge in [-0.1, -0.05) is 12.1 Å². The van der Waals surface area contributed by atoms with Gasteiger partial charge >= 0.3 is 0 Å². The number of nitrogens with zero attached hydrogens (tertiary/aromatic N) is 6. The third-order valence-corrected chi connectivity index (χ3v) is 6.92. The fraction of sp³-hybridized carbons (Fsp3) is 0.379. The molecule has 0 saturated carbocycles. The molecule has 1 aliphatic heterocycles. The van der Waals surface area contributed by atoms with Gasteiger partial charge in [0.15, 0.2) is 11.6 Å². The number of pyridine rings is 1. The first-order valence-corrected chi connectivity index (χ1v) is 13.1. The molecule has 5 rings (SSSR count). The van der Waals surface area contributed by atoms with Gasteiger partial charge in [0.2, 0.25) is 5.95 Å². The molecule has 39 heavy (non-hydrogen) atoms. The van der Waals surface area contributed by atoms with Crippen molar-refractivity contribution < 1.29 is 13.5 Å². The summed E-state index contributed by atoms with van der Waals surface area (Å²) in [5, 5.41) is 3.03. The third kappa shape index (κ3) is 5.67. The van der Waals surface area contributed by atoms with Crippen molar-refractivity contribution >= 4 is 22.8 Å². The average Bonchev–Trinajstić information content (AvgIpc) is 3.23. The number of aryl methyl sites for hydroxylation is 1. The van der Waals surface area contributed by atoms with Crippen LogP contribution in [0.2, 0.25) is 0 Å². The Hall–Kier alpha value is -3.76. The monoisotopic (exact) mass is 533 g/mol. The van der Waals surface area contributed by atoms with E-state index in [1.165, 1.54) is 6.07 Å². The lowest BCUT2D eigenvalue weighted by Crippen LogP contribution is -2.49. The van der Waals surface area contributed by atoms with Crippen molar-refractivity contribution in [2.45, 2.75) is 52.3 Å². The maximum Gasteiger partial charge on any atom is 0.229 e. The molecule has 8 nitrogen and oxygen atoms in total. The molecule has 10 heteroatoms. The molecule has 4 aromatic rings. The molecule has 0 radical (unpaired) electrons. The van der Waals surface area contributed by atoms with Gasteiger partial charge in [0.1, 0.15) is 22.9 Å². The fourth-order valence-corrected chi connectivity index (χ4v) is 5.23. The maximum atomic E-state index is 15.0. The summed E-state index contributed by atoms with van der Waals surface area (Å²) in [4.78, 5) is 19.6. The van der Waals surface area contributed by atoms with E-state index in [0.29, 0.717) is 29.3 Å².